The van der Waals surface area contributed by atoms with Crippen molar-refractivity contribution in [2.24, 2.45) is 5.73 Å². The third kappa shape index (κ3) is 10.9. The number of hydrogen-bond acceptors (Lipinski definition) is 8. The van der Waals surface area contributed by atoms with Crippen LogP contribution in [-0.4, -0.2) is 77.8 Å². The van der Waals surface area contributed by atoms with Gasteiger partial charge in [0.1, 0.15) is 6.61 Å². The summed E-state index contributed by atoms with van der Waals surface area (Å²) in [6.07, 6.45) is 0. The summed E-state index contributed by atoms with van der Waals surface area (Å²) in [5.41, 5.74) is 5.59. The van der Waals surface area contributed by atoms with Crippen LogP contribution in [0.1, 0.15) is 10.4 Å². The summed E-state index contributed by atoms with van der Waals surface area (Å²) in [7, 11) is 0. The maximum Gasteiger partial charge on any atom is 0.379 e. The number of ether oxygens (including phenoxy) is 5. The van der Waals surface area contributed by atoms with Crippen LogP contribution in [-0.2, 0) is 28.5 Å². The first-order valence-electron chi connectivity index (χ1n) is 8.53. The minimum atomic E-state index is -0.886. The van der Waals surface area contributed by atoms with Gasteiger partial charge in [-0.25, -0.2) is 4.79 Å². The number of benzene rings is 1. The second-order valence-corrected chi connectivity index (χ2v) is 5.07. The Labute approximate surface area is 153 Å². The number of hydrogen-bond donors (Lipinski definition) is 1. The molecule has 0 heterocycles. The Morgan fingerprint density at radius 3 is 1.65 bits per heavy atom. The molecule has 1 aromatic rings. The number of Topliss-reactive ketones (excluding diaryl/α,β-unsaturated/α-hetero) is 1. The third-order valence-corrected chi connectivity index (χ3v) is 3.06. The molecule has 26 heavy (non-hydrogen) atoms. The number of carbonyl (C=O) groups is 2. The molecule has 0 fully saturated rings. The normalized spacial score (nSPS) is 10.7. The van der Waals surface area contributed by atoms with E-state index in [4.69, 9.17) is 29.4 Å². The maximum atomic E-state index is 11.7. The van der Waals surface area contributed by atoms with Gasteiger partial charge in [-0.3, -0.25) is 4.79 Å². The molecule has 8 heteroatoms. The Kier molecular flexibility index (Phi) is 13.2. The van der Waals surface area contributed by atoms with E-state index >= 15 is 0 Å². The largest absolute Gasteiger partial charge is 0.457 e. The molecule has 146 valence electrons. The van der Waals surface area contributed by atoms with Crippen LogP contribution >= 0.6 is 0 Å². The third-order valence-electron chi connectivity index (χ3n) is 3.06. The molecule has 0 spiro atoms. The van der Waals surface area contributed by atoms with Crippen molar-refractivity contribution < 1.29 is 33.3 Å². The molecule has 0 atom stereocenters. The summed E-state index contributed by atoms with van der Waals surface area (Å²) in [5, 5.41) is 0. The maximum absolute atomic E-state index is 11.7. The summed E-state index contributed by atoms with van der Waals surface area (Å²) in [6.45, 7) is 3.99. The molecule has 1 rings (SSSR count). The van der Waals surface area contributed by atoms with Crippen molar-refractivity contribution in [3.05, 3.63) is 35.9 Å². The van der Waals surface area contributed by atoms with Crippen molar-refractivity contribution in [3.8, 4) is 0 Å². The lowest BCUT2D eigenvalue weighted by Crippen LogP contribution is -2.20. The Balaban J connectivity index is 1.87. The van der Waals surface area contributed by atoms with E-state index in [1.54, 1.807) is 30.3 Å². The SMILES string of the molecule is NCCOCCOCCOCCOCCOC(=O)C(=O)c1ccccc1. The van der Waals surface area contributed by atoms with Crippen molar-refractivity contribution in [1.29, 1.82) is 0 Å². The number of esters is 1. The molecule has 0 bridgehead atoms. The van der Waals surface area contributed by atoms with Gasteiger partial charge in [-0.2, -0.15) is 0 Å². The molecule has 0 saturated carbocycles. The van der Waals surface area contributed by atoms with E-state index in [9.17, 15) is 9.59 Å². The van der Waals surface area contributed by atoms with Crippen molar-refractivity contribution in [2.75, 3.05) is 66.0 Å². The molecule has 2 N–H and O–H groups in total. The number of ketones is 1. The van der Waals surface area contributed by atoms with Crippen molar-refractivity contribution >= 4 is 11.8 Å². The van der Waals surface area contributed by atoms with Gasteiger partial charge >= 0.3 is 5.97 Å². The lowest BCUT2D eigenvalue weighted by Gasteiger charge is -2.07. The highest BCUT2D eigenvalue weighted by molar-refractivity contribution is 6.40. The number of carbonyl (C=O) groups excluding carboxylic acids is 2. The average molecular weight is 369 g/mol. The second kappa shape index (κ2) is 15.4. The Hall–Kier alpha value is -1.84. The van der Waals surface area contributed by atoms with Gasteiger partial charge in [-0.15, -0.1) is 0 Å². The van der Waals surface area contributed by atoms with E-state index in [-0.39, 0.29) is 13.2 Å². The van der Waals surface area contributed by atoms with Gasteiger partial charge in [-0.1, -0.05) is 30.3 Å². The molecule has 0 aliphatic carbocycles. The molecular weight excluding hydrogens is 342 g/mol. The smallest absolute Gasteiger partial charge is 0.379 e. The van der Waals surface area contributed by atoms with E-state index in [1.165, 1.54) is 0 Å². The van der Waals surface area contributed by atoms with Gasteiger partial charge < -0.3 is 29.4 Å². The Bertz CT molecular complexity index is 496. The summed E-state index contributed by atoms with van der Waals surface area (Å²) in [4.78, 5) is 23.3. The van der Waals surface area contributed by atoms with E-state index in [0.29, 0.717) is 58.4 Å². The molecule has 0 amide bonds. The quantitative estimate of drug-likeness (QED) is 0.194. The fraction of sp³-hybridized carbons (Fsp3) is 0.556. The lowest BCUT2D eigenvalue weighted by atomic mass is 10.1. The van der Waals surface area contributed by atoms with Gasteiger partial charge in [-0.05, 0) is 0 Å². The molecule has 0 unspecified atom stereocenters. The summed E-state index contributed by atoms with van der Waals surface area (Å²) in [6, 6.07) is 8.26. The van der Waals surface area contributed by atoms with Crippen LogP contribution in [0.15, 0.2) is 30.3 Å². The van der Waals surface area contributed by atoms with Crippen LogP contribution in [0.3, 0.4) is 0 Å². The van der Waals surface area contributed by atoms with Gasteiger partial charge in [0.2, 0.25) is 0 Å². The summed E-state index contributed by atoms with van der Waals surface area (Å²) < 4.78 is 25.9. The summed E-state index contributed by atoms with van der Waals surface area (Å²) in [5.74, 6) is -1.55. The topological polar surface area (TPSA) is 106 Å². The van der Waals surface area contributed by atoms with Crippen LogP contribution in [0.2, 0.25) is 0 Å². The van der Waals surface area contributed by atoms with Gasteiger partial charge in [0, 0.05) is 12.1 Å². The first-order valence-corrected chi connectivity index (χ1v) is 8.53. The van der Waals surface area contributed by atoms with Crippen LogP contribution in [0.25, 0.3) is 0 Å². The zero-order chi connectivity index (χ0) is 18.9. The van der Waals surface area contributed by atoms with Gasteiger partial charge in [0.25, 0.3) is 5.78 Å². The molecule has 0 aliphatic heterocycles. The zero-order valence-electron chi connectivity index (χ0n) is 14.9. The van der Waals surface area contributed by atoms with Gasteiger partial charge in [0.15, 0.2) is 0 Å². The standard InChI is InChI=1S/C18H27NO7/c19-6-7-22-8-9-23-10-11-24-12-13-25-14-15-26-18(21)17(20)16-4-2-1-3-5-16/h1-5H,6-15,19H2. The fourth-order valence-electron chi connectivity index (χ4n) is 1.81. The van der Waals surface area contributed by atoms with Crippen molar-refractivity contribution in [1.82, 2.24) is 0 Å². The minimum absolute atomic E-state index is 0.0172. The van der Waals surface area contributed by atoms with Crippen molar-refractivity contribution in [3.63, 3.8) is 0 Å². The number of nitrogens with two attached hydrogens (primary N) is 1. The molecular formula is C18H27NO7. The predicted octanol–water partition coefficient (Wildman–Crippen LogP) is 0.438. The van der Waals surface area contributed by atoms with E-state index in [1.807, 2.05) is 0 Å². The van der Waals surface area contributed by atoms with Crippen LogP contribution in [0, 0.1) is 0 Å². The van der Waals surface area contributed by atoms with Crippen LogP contribution in [0.4, 0.5) is 0 Å². The first kappa shape index (κ1) is 22.2. The van der Waals surface area contributed by atoms with Crippen molar-refractivity contribution in [2.45, 2.75) is 0 Å². The lowest BCUT2D eigenvalue weighted by molar-refractivity contribution is -0.139. The minimum Gasteiger partial charge on any atom is -0.457 e. The molecule has 0 aliphatic rings. The zero-order valence-corrected chi connectivity index (χ0v) is 14.9. The molecule has 0 aromatic heterocycles. The summed E-state index contributed by atoms with van der Waals surface area (Å²) >= 11 is 0. The number of rotatable bonds is 16. The van der Waals surface area contributed by atoms with Gasteiger partial charge in [0.05, 0.1) is 52.9 Å². The van der Waals surface area contributed by atoms with Crippen LogP contribution < -0.4 is 5.73 Å². The molecule has 0 radical (unpaired) electrons. The molecule has 1 aromatic carbocycles. The second-order valence-electron chi connectivity index (χ2n) is 5.07. The predicted molar refractivity (Wildman–Crippen MR) is 94.1 cm³/mol. The highest BCUT2D eigenvalue weighted by Crippen LogP contribution is 2.01. The highest BCUT2D eigenvalue weighted by atomic mass is 16.6. The Morgan fingerprint density at radius 1 is 0.692 bits per heavy atom. The van der Waals surface area contributed by atoms with Crippen LogP contribution in [0.5, 0.6) is 0 Å². The molecule has 0 saturated heterocycles. The highest BCUT2D eigenvalue weighted by Gasteiger charge is 2.16. The Morgan fingerprint density at radius 2 is 1.15 bits per heavy atom. The monoisotopic (exact) mass is 369 g/mol. The van der Waals surface area contributed by atoms with E-state index < -0.39 is 11.8 Å². The fourth-order valence-corrected chi connectivity index (χ4v) is 1.81. The average Bonchev–Trinajstić information content (AvgIpc) is 2.68. The van der Waals surface area contributed by atoms with E-state index in [2.05, 4.69) is 0 Å². The first-order chi connectivity index (χ1) is 12.8. The molecule has 8 nitrogen and oxygen atoms in total. The van der Waals surface area contributed by atoms with E-state index in [0.717, 1.165) is 0 Å².